The zero-order chi connectivity index (χ0) is 19.1. The van der Waals surface area contributed by atoms with Gasteiger partial charge in [-0.05, 0) is 55.4 Å². The van der Waals surface area contributed by atoms with Gasteiger partial charge < -0.3 is 19.5 Å². The highest BCUT2D eigenvalue weighted by Gasteiger charge is 2.27. The molecule has 3 aliphatic rings. The Kier molecular flexibility index (Phi) is 4.47. The van der Waals surface area contributed by atoms with Crippen molar-refractivity contribution in [3.63, 3.8) is 0 Å². The van der Waals surface area contributed by atoms with Crippen LogP contribution in [0.1, 0.15) is 60.5 Å². The second kappa shape index (κ2) is 7.13. The largest absolute Gasteiger partial charge is 0.454 e. The Balaban J connectivity index is 1.27. The fourth-order valence-corrected chi connectivity index (χ4v) is 4.22. The number of aromatic nitrogens is 2. The van der Waals surface area contributed by atoms with Gasteiger partial charge in [0.1, 0.15) is 6.10 Å². The number of benzene rings is 1. The fraction of sp³-hybridized carbons (Fsp3) is 0.524. The lowest BCUT2D eigenvalue weighted by Gasteiger charge is -2.26. The second-order valence-electron chi connectivity index (χ2n) is 8.05. The molecule has 1 aromatic heterocycles. The van der Waals surface area contributed by atoms with Crippen molar-refractivity contribution >= 4 is 5.91 Å². The molecule has 1 atom stereocenters. The lowest BCUT2D eigenvalue weighted by Crippen LogP contribution is -2.37. The number of ether oxygens (including phenoxy) is 3. The zero-order valence-electron chi connectivity index (χ0n) is 16.0. The molecule has 3 heterocycles. The molecule has 1 unspecified atom stereocenters. The number of hydrogen-bond acceptors (Lipinski definition) is 5. The molecule has 1 fully saturated rings. The third-order valence-electron chi connectivity index (χ3n) is 5.99. The van der Waals surface area contributed by atoms with Gasteiger partial charge in [-0.15, -0.1) is 0 Å². The average Bonchev–Trinajstić information content (AvgIpc) is 3.35. The lowest BCUT2D eigenvalue weighted by atomic mass is 9.87. The van der Waals surface area contributed by atoms with E-state index in [-0.39, 0.29) is 24.8 Å². The minimum atomic E-state index is -0.127. The summed E-state index contributed by atoms with van der Waals surface area (Å²) in [7, 11) is 0. The Labute approximate surface area is 164 Å². The summed E-state index contributed by atoms with van der Waals surface area (Å²) in [5, 5.41) is 7.70. The van der Waals surface area contributed by atoms with Crippen molar-refractivity contribution in [2.75, 3.05) is 6.79 Å². The average molecular weight is 383 g/mol. The van der Waals surface area contributed by atoms with E-state index < -0.39 is 0 Å². The van der Waals surface area contributed by atoms with Crippen molar-refractivity contribution in [1.82, 2.24) is 15.1 Å². The van der Waals surface area contributed by atoms with E-state index in [1.165, 1.54) is 12.8 Å². The molecule has 5 rings (SSSR count). The number of nitrogens with one attached hydrogen (secondary N) is 1. The predicted molar refractivity (Wildman–Crippen MR) is 101 cm³/mol. The van der Waals surface area contributed by atoms with Crippen LogP contribution in [-0.2, 0) is 17.9 Å². The van der Waals surface area contributed by atoms with Gasteiger partial charge in [-0.2, -0.15) is 5.10 Å². The van der Waals surface area contributed by atoms with Crippen LogP contribution in [0.4, 0.5) is 0 Å². The quantitative estimate of drug-likeness (QED) is 0.881. The van der Waals surface area contributed by atoms with Crippen LogP contribution in [0.25, 0.3) is 0 Å². The molecule has 2 aromatic rings. The monoisotopic (exact) mass is 383 g/mol. The molecule has 7 nitrogen and oxygen atoms in total. The Morgan fingerprint density at radius 1 is 1.14 bits per heavy atom. The van der Waals surface area contributed by atoms with Crippen molar-refractivity contribution in [3.8, 4) is 11.5 Å². The van der Waals surface area contributed by atoms with Crippen molar-refractivity contribution in [1.29, 1.82) is 0 Å². The van der Waals surface area contributed by atoms with Gasteiger partial charge in [0.05, 0.1) is 18.8 Å². The van der Waals surface area contributed by atoms with Crippen LogP contribution in [0.15, 0.2) is 24.3 Å². The lowest BCUT2D eigenvalue weighted by molar-refractivity contribution is -0.00128. The molecule has 2 aliphatic heterocycles. The van der Waals surface area contributed by atoms with E-state index in [0.717, 1.165) is 41.5 Å². The zero-order valence-corrected chi connectivity index (χ0v) is 16.0. The molecule has 1 aromatic carbocycles. The molecule has 1 amide bonds. The third kappa shape index (κ3) is 3.35. The number of rotatable bonds is 3. The van der Waals surface area contributed by atoms with E-state index in [0.29, 0.717) is 18.8 Å². The number of nitrogens with zero attached hydrogens (tertiary/aromatic N) is 2. The van der Waals surface area contributed by atoms with Crippen LogP contribution < -0.4 is 14.8 Å². The molecule has 1 aliphatic carbocycles. The second-order valence-corrected chi connectivity index (χ2v) is 8.05. The molecule has 0 bridgehead atoms. The summed E-state index contributed by atoms with van der Waals surface area (Å²) >= 11 is 0. The van der Waals surface area contributed by atoms with Gasteiger partial charge in [-0.25, -0.2) is 0 Å². The van der Waals surface area contributed by atoms with E-state index in [1.807, 2.05) is 28.9 Å². The first-order chi connectivity index (χ1) is 13.7. The molecular weight excluding hydrogens is 358 g/mol. The third-order valence-corrected chi connectivity index (χ3v) is 5.99. The smallest absolute Gasteiger partial charge is 0.272 e. The van der Waals surface area contributed by atoms with Crippen molar-refractivity contribution in [3.05, 3.63) is 41.2 Å². The van der Waals surface area contributed by atoms with Crippen LogP contribution in [0.2, 0.25) is 0 Å². The number of fused-ring (bicyclic) bond motifs is 2. The van der Waals surface area contributed by atoms with Gasteiger partial charge in [0, 0.05) is 6.04 Å². The summed E-state index contributed by atoms with van der Waals surface area (Å²) in [5.74, 6) is 2.18. The summed E-state index contributed by atoms with van der Waals surface area (Å²) in [6, 6.07) is 7.96. The number of amides is 1. The molecule has 7 heteroatoms. The topological polar surface area (TPSA) is 74.6 Å². The van der Waals surface area contributed by atoms with Crippen molar-refractivity contribution in [2.24, 2.45) is 5.92 Å². The Bertz CT molecular complexity index is 886. The maximum Gasteiger partial charge on any atom is 0.272 e. The predicted octanol–water partition coefficient (Wildman–Crippen LogP) is 3.19. The van der Waals surface area contributed by atoms with Gasteiger partial charge in [-0.1, -0.05) is 13.0 Å². The summed E-state index contributed by atoms with van der Waals surface area (Å²) in [4.78, 5) is 12.6. The van der Waals surface area contributed by atoms with E-state index >= 15 is 0 Å². The molecule has 1 N–H and O–H groups in total. The van der Waals surface area contributed by atoms with Gasteiger partial charge in [-0.3, -0.25) is 9.48 Å². The van der Waals surface area contributed by atoms with Crippen LogP contribution >= 0.6 is 0 Å². The van der Waals surface area contributed by atoms with Gasteiger partial charge >= 0.3 is 0 Å². The van der Waals surface area contributed by atoms with Crippen LogP contribution in [0.5, 0.6) is 11.5 Å². The van der Waals surface area contributed by atoms with Crippen LogP contribution in [0.3, 0.4) is 0 Å². The summed E-state index contributed by atoms with van der Waals surface area (Å²) < 4.78 is 18.7. The highest BCUT2D eigenvalue weighted by molar-refractivity contribution is 5.92. The number of hydrogen-bond donors (Lipinski definition) is 1. The molecule has 148 valence electrons. The molecule has 1 saturated carbocycles. The summed E-state index contributed by atoms with van der Waals surface area (Å²) in [5.41, 5.74) is 2.43. The van der Waals surface area contributed by atoms with E-state index in [4.69, 9.17) is 14.2 Å². The van der Waals surface area contributed by atoms with Crippen LogP contribution in [0, 0.1) is 5.92 Å². The normalized spacial score (nSPS) is 26.0. The van der Waals surface area contributed by atoms with Crippen molar-refractivity contribution in [2.45, 2.75) is 57.9 Å². The molecule has 0 radical (unpaired) electrons. The first-order valence-corrected chi connectivity index (χ1v) is 10.0. The summed E-state index contributed by atoms with van der Waals surface area (Å²) in [6.07, 6.45) is 4.33. The van der Waals surface area contributed by atoms with E-state index in [1.54, 1.807) is 0 Å². The standard InChI is InChI=1S/C21H25N3O4/c1-13-2-5-15(6-3-13)22-21(25)17-9-16-11-26-20(10-24(16)23-17)14-4-7-18-19(8-14)28-12-27-18/h4,7-9,13,15,20H,2-3,5-6,10-12H2,1H3,(H,22,25). The molecule has 0 saturated heterocycles. The SMILES string of the molecule is CC1CCC(NC(=O)c2cc3n(n2)CC(c2ccc4c(c2)OCO4)OC3)CC1. The molecule has 28 heavy (non-hydrogen) atoms. The van der Waals surface area contributed by atoms with Gasteiger partial charge in [0.2, 0.25) is 6.79 Å². The van der Waals surface area contributed by atoms with Gasteiger partial charge in [0.25, 0.3) is 5.91 Å². The maximum absolute atomic E-state index is 12.6. The first-order valence-electron chi connectivity index (χ1n) is 10.0. The van der Waals surface area contributed by atoms with Crippen molar-refractivity contribution < 1.29 is 19.0 Å². The molecular formula is C21H25N3O4. The minimum absolute atomic E-state index is 0.0823. The Morgan fingerprint density at radius 3 is 2.82 bits per heavy atom. The highest BCUT2D eigenvalue weighted by Crippen LogP contribution is 2.36. The summed E-state index contributed by atoms with van der Waals surface area (Å²) in [6.45, 7) is 3.54. The highest BCUT2D eigenvalue weighted by atomic mass is 16.7. The van der Waals surface area contributed by atoms with Crippen LogP contribution in [-0.4, -0.2) is 28.5 Å². The fourth-order valence-electron chi connectivity index (χ4n) is 4.22. The maximum atomic E-state index is 12.6. The Morgan fingerprint density at radius 2 is 1.96 bits per heavy atom. The number of carbonyl (C=O) groups excluding carboxylic acids is 1. The first kappa shape index (κ1) is 17.6. The Hall–Kier alpha value is -2.54. The molecule has 0 spiro atoms. The van der Waals surface area contributed by atoms with Gasteiger partial charge in [0.15, 0.2) is 17.2 Å². The van der Waals surface area contributed by atoms with E-state index in [9.17, 15) is 4.79 Å². The van der Waals surface area contributed by atoms with E-state index in [2.05, 4.69) is 17.3 Å². The number of carbonyl (C=O) groups is 1. The minimum Gasteiger partial charge on any atom is -0.454 e.